The van der Waals surface area contributed by atoms with Gasteiger partial charge in [-0.05, 0) is 0 Å². The zero-order valence-corrected chi connectivity index (χ0v) is 8.98. The third-order valence-electron chi connectivity index (χ3n) is 2.02. The van der Waals surface area contributed by atoms with Crippen LogP contribution in [0.5, 0.6) is 0 Å². The fourth-order valence-corrected chi connectivity index (χ4v) is 1.30. The molecule has 0 aromatic carbocycles. The standard InChI is InChI=1S/C10H10N4O3/c1-17-10(16)7-4-6(15)5-9(12-7)13-8-2-3-11-14-8/h2-5H,1H3,(H3,11,12,13,14,15). The summed E-state index contributed by atoms with van der Waals surface area (Å²) in [6.07, 6.45) is 1.56. The number of rotatable bonds is 3. The molecular formula is C10H10N4O3. The minimum atomic E-state index is -0.602. The van der Waals surface area contributed by atoms with Crippen LogP contribution in [0, 0.1) is 0 Å². The van der Waals surface area contributed by atoms with Crippen molar-refractivity contribution in [3.05, 3.63) is 40.3 Å². The second-order valence-electron chi connectivity index (χ2n) is 3.23. The van der Waals surface area contributed by atoms with Crippen LogP contribution in [-0.2, 0) is 4.74 Å². The molecule has 7 nitrogen and oxygen atoms in total. The van der Waals surface area contributed by atoms with E-state index >= 15 is 0 Å². The summed E-state index contributed by atoms with van der Waals surface area (Å²) in [5.41, 5.74) is -0.215. The third-order valence-corrected chi connectivity index (χ3v) is 2.02. The summed E-state index contributed by atoms with van der Waals surface area (Å²) < 4.78 is 4.52. The topological polar surface area (TPSA) is 99.9 Å². The first-order valence-corrected chi connectivity index (χ1v) is 4.78. The van der Waals surface area contributed by atoms with Crippen LogP contribution in [0.25, 0.3) is 0 Å². The number of aromatic nitrogens is 3. The number of nitrogens with zero attached hydrogens (tertiary/aromatic N) is 1. The zero-order chi connectivity index (χ0) is 12.3. The number of nitrogens with one attached hydrogen (secondary N) is 3. The van der Waals surface area contributed by atoms with Crippen LogP contribution in [-0.4, -0.2) is 28.3 Å². The number of carbonyl (C=O) groups is 1. The Morgan fingerprint density at radius 3 is 2.88 bits per heavy atom. The maximum absolute atomic E-state index is 11.4. The number of hydrogen-bond acceptors (Lipinski definition) is 5. The van der Waals surface area contributed by atoms with Gasteiger partial charge in [0.25, 0.3) is 0 Å². The van der Waals surface area contributed by atoms with Crippen LogP contribution in [0.3, 0.4) is 0 Å². The molecule has 88 valence electrons. The van der Waals surface area contributed by atoms with Gasteiger partial charge in [-0.15, -0.1) is 0 Å². The summed E-state index contributed by atoms with van der Waals surface area (Å²) in [5.74, 6) is 0.375. The Balaban J connectivity index is 2.32. The quantitative estimate of drug-likeness (QED) is 0.676. The highest BCUT2D eigenvalue weighted by molar-refractivity contribution is 5.87. The molecule has 0 spiro atoms. The molecule has 0 aliphatic heterocycles. The van der Waals surface area contributed by atoms with Crippen molar-refractivity contribution in [3.8, 4) is 0 Å². The summed E-state index contributed by atoms with van der Waals surface area (Å²) >= 11 is 0. The van der Waals surface area contributed by atoms with E-state index in [0.29, 0.717) is 11.6 Å². The highest BCUT2D eigenvalue weighted by Crippen LogP contribution is 2.09. The Morgan fingerprint density at radius 1 is 1.41 bits per heavy atom. The molecule has 17 heavy (non-hydrogen) atoms. The van der Waals surface area contributed by atoms with Crippen LogP contribution in [0.4, 0.5) is 11.6 Å². The van der Waals surface area contributed by atoms with Gasteiger partial charge < -0.3 is 15.0 Å². The minimum Gasteiger partial charge on any atom is -0.464 e. The zero-order valence-electron chi connectivity index (χ0n) is 8.98. The fraction of sp³-hybridized carbons (Fsp3) is 0.100. The smallest absolute Gasteiger partial charge is 0.354 e. The molecule has 0 radical (unpaired) electrons. The molecule has 0 bridgehead atoms. The van der Waals surface area contributed by atoms with E-state index in [4.69, 9.17) is 0 Å². The average Bonchev–Trinajstić information content (AvgIpc) is 2.80. The summed E-state index contributed by atoms with van der Waals surface area (Å²) in [7, 11) is 1.25. The van der Waals surface area contributed by atoms with Crippen LogP contribution in [0.1, 0.15) is 10.5 Å². The highest BCUT2D eigenvalue weighted by Gasteiger charge is 2.08. The van der Waals surface area contributed by atoms with E-state index < -0.39 is 5.97 Å². The summed E-state index contributed by atoms with van der Waals surface area (Å²) in [5, 5.41) is 9.27. The van der Waals surface area contributed by atoms with Gasteiger partial charge in [0, 0.05) is 18.2 Å². The molecule has 0 aliphatic rings. The molecular weight excluding hydrogens is 224 g/mol. The van der Waals surface area contributed by atoms with Crippen molar-refractivity contribution in [3.63, 3.8) is 0 Å². The Labute approximate surface area is 95.8 Å². The summed E-state index contributed by atoms with van der Waals surface area (Å²) in [4.78, 5) is 25.4. The van der Waals surface area contributed by atoms with Gasteiger partial charge in [0.15, 0.2) is 5.43 Å². The first-order valence-electron chi connectivity index (χ1n) is 4.78. The van der Waals surface area contributed by atoms with Gasteiger partial charge >= 0.3 is 5.97 Å². The van der Waals surface area contributed by atoms with Crippen molar-refractivity contribution in [2.45, 2.75) is 0 Å². The second-order valence-corrected chi connectivity index (χ2v) is 3.23. The molecule has 0 unspecified atom stereocenters. The van der Waals surface area contributed by atoms with Gasteiger partial charge in [-0.25, -0.2) is 4.79 Å². The molecule has 0 aliphatic carbocycles. The Kier molecular flexibility index (Phi) is 2.91. The van der Waals surface area contributed by atoms with Gasteiger partial charge in [-0.3, -0.25) is 9.89 Å². The fourth-order valence-electron chi connectivity index (χ4n) is 1.30. The first-order chi connectivity index (χ1) is 8.19. The number of anilines is 2. The van der Waals surface area contributed by atoms with Crippen molar-refractivity contribution < 1.29 is 9.53 Å². The Morgan fingerprint density at radius 2 is 2.24 bits per heavy atom. The maximum atomic E-state index is 11.4. The molecule has 0 amide bonds. The minimum absolute atomic E-state index is 0.0852. The van der Waals surface area contributed by atoms with Gasteiger partial charge in [-0.1, -0.05) is 0 Å². The molecule has 7 heteroatoms. The first kappa shape index (κ1) is 10.9. The summed E-state index contributed by atoms with van der Waals surface area (Å²) in [6, 6.07) is 4.18. The van der Waals surface area contributed by atoms with Crippen LogP contribution in [0.2, 0.25) is 0 Å². The number of carbonyl (C=O) groups excluding carboxylic acids is 1. The molecule has 0 fully saturated rings. The monoisotopic (exact) mass is 234 g/mol. The number of ether oxygens (including phenoxy) is 1. The van der Waals surface area contributed by atoms with Crippen LogP contribution >= 0.6 is 0 Å². The van der Waals surface area contributed by atoms with Gasteiger partial charge in [0.2, 0.25) is 0 Å². The molecule has 0 saturated carbocycles. The van der Waals surface area contributed by atoms with E-state index in [2.05, 4.69) is 25.2 Å². The average molecular weight is 234 g/mol. The Hall–Kier alpha value is -2.57. The lowest BCUT2D eigenvalue weighted by Crippen LogP contribution is -2.12. The predicted octanol–water partition coefficient (Wildman–Crippen LogP) is 0.628. The molecule has 2 heterocycles. The van der Waals surface area contributed by atoms with E-state index in [0.717, 1.165) is 0 Å². The number of esters is 1. The van der Waals surface area contributed by atoms with Crippen molar-refractivity contribution in [2.24, 2.45) is 0 Å². The Bertz CT molecular complexity index is 573. The molecule has 0 atom stereocenters. The predicted molar refractivity (Wildman–Crippen MR) is 60.3 cm³/mol. The molecule has 2 rings (SSSR count). The molecule has 3 N–H and O–H groups in total. The van der Waals surface area contributed by atoms with E-state index in [1.165, 1.54) is 19.2 Å². The number of aromatic amines is 2. The second kappa shape index (κ2) is 4.52. The van der Waals surface area contributed by atoms with Crippen LogP contribution in [0.15, 0.2) is 29.2 Å². The number of methoxy groups -OCH3 is 1. The number of H-pyrrole nitrogens is 2. The lowest BCUT2D eigenvalue weighted by Gasteiger charge is -2.05. The number of hydrogen-bond donors (Lipinski definition) is 3. The summed E-state index contributed by atoms with van der Waals surface area (Å²) in [6.45, 7) is 0. The van der Waals surface area contributed by atoms with E-state index in [1.54, 1.807) is 12.3 Å². The normalized spacial score (nSPS) is 9.94. The third kappa shape index (κ3) is 2.51. The molecule has 0 saturated heterocycles. The van der Waals surface area contributed by atoms with Crippen molar-refractivity contribution >= 4 is 17.6 Å². The highest BCUT2D eigenvalue weighted by atomic mass is 16.5. The van der Waals surface area contributed by atoms with Gasteiger partial charge in [-0.2, -0.15) is 5.10 Å². The van der Waals surface area contributed by atoms with Gasteiger partial charge in [0.1, 0.15) is 17.3 Å². The van der Waals surface area contributed by atoms with E-state index in [-0.39, 0.29) is 11.1 Å². The van der Waals surface area contributed by atoms with E-state index in [9.17, 15) is 9.59 Å². The van der Waals surface area contributed by atoms with Crippen molar-refractivity contribution in [1.29, 1.82) is 0 Å². The maximum Gasteiger partial charge on any atom is 0.354 e. The lowest BCUT2D eigenvalue weighted by molar-refractivity contribution is 0.0594. The van der Waals surface area contributed by atoms with Gasteiger partial charge in [0.05, 0.1) is 13.3 Å². The van der Waals surface area contributed by atoms with E-state index in [1.807, 2.05) is 0 Å². The van der Waals surface area contributed by atoms with Crippen LogP contribution < -0.4 is 10.7 Å². The van der Waals surface area contributed by atoms with Crippen molar-refractivity contribution in [2.75, 3.05) is 12.4 Å². The van der Waals surface area contributed by atoms with Crippen molar-refractivity contribution in [1.82, 2.24) is 15.2 Å². The largest absolute Gasteiger partial charge is 0.464 e. The SMILES string of the molecule is COC(=O)c1cc(=O)cc(Nc2ccn[nH]2)[nH]1. The lowest BCUT2D eigenvalue weighted by atomic mass is 10.3. The molecule has 2 aromatic rings. The molecule has 2 aromatic heterocycles. The number of pyridine rings is 1.